The molecule has 3 rings (SSSR count). The van der Waals surface area contributed by atoms with Crippen molar-refractivity contribution in [3.05, 3.63) is 71.0 Å². The number of rotatable bonds is 5. The fourth-order valence-electron chi connectivity index (χ4n) is 2.67. The van der Waals surface area contributed by atoms with E-state index in [0.717, 1.165) is 22.6 Å². The number of hydrogen-bond acceptors (Lipinski definition) is 3. The summed E-state index contributed by atoms with van der Waals surface area (Å²) >= 11 is 6.25. The minimum atomic E-state index is -0.144. The molecule has 5 heteroatoms. The van der Waals surface area contributed by atoms with Gasteiger partial charge < -0.3 is 14.6 Å². The van der Waals surface area contributed by atoms with Gasteiger partial charge in [0.15, 0.2) is 5.15 Å². The Bertz CT molecular complexity index is 811. The number of halogens is 1. The zero-order valence-electron chi connectivity index (χ0n) is 13.8. The highest BCUT2D eigenvalue weighted by molar-refractivity contribution is 6.30. The van der Waals surface area contributed by atoms with Crippen LogP contribution >= 0.6 is 11.6 Å². The lowest BCUT2D eigenvalue weighted by atomic mass is 10.1. The third-order valence-corrected chi connectivity index (χ3v) is 4.30. The van der Waals surface area contributed by atoms with E-state index in [1.54, 1.807) is 0 Å². The molecule has 124 valence electrons. The zero-order chi connectivity index (χ0) is 17.1. The Hall–Kier alpha value is -2.30. The van der Waals surface area contributed by atoms with Crippen LogP contribution in [0.1, 0.15) is 11.3 Å². The number of hydrogen-bond donors (Lipinski definition) is 1. The number of aliphatic hydroxyl groups is 1. The predicted octanol–water partition coefficient (Wildman–Crippen LogP) is 3.81. The van der Waals surface area contributed by atoms with Gasteiger partial charge in [-0.25, -0.2) is 4.98 Å². The van der Waals surface area contributed by atoms with Gasteiger partial charge in [0.1, 0.15) is 5.82 Å². The maximum Gasteiger partial charge on any atom is 0.153 e. The highest BCUT2D eigenvalue weighted by atomic mass is 35.5. The molecule has 0 bridgehead atoms. The molecule has 0 atom stereocenters. The average molecular weight is 342 g/mol. The first-order chi connectivity index (χ1) is 11.6. The number of aromatic nitrogens is 2. The number of benzene rings is 2. The maximum atomic E-state index is 9.70. The van der Waals surface area contributed by atoms with E-state index in [1.165, 1.54) is 0 Å². The van der Waals surface area contributed by atoms with E-state index in [9.17, 15) is 5.11 Å². The largest absolute Gasteiger partial charge is 0.390 e. The fourth-order valence-corrected chi connectivity index (χ4v) is 2.91. The van der Waals surface area contributed by atoms with Crippen LogP contribution in [-0.2, 0) is 13.2 Å². The number of aliphatic hydroxyl groups excluding tert-OH is 1. The standard InChI is InChI=1S/C19H20ClN3O/c1-22(2)16-10-8-15(9-11-16)19-21-18(20)17(13-24)23(19)12-14-6-4-3-5-7-14/h3-11,24H,12-13H2,1-2H3. The monoisotopic (exact) mass is 341 g/mol. The van der Waals surface area contributed by atoms with Crippen LogP contribution in [0.2, 0.25) is 5.15 Å². The van der Waals surface area contributed by atoms with Crippen molar-refractivity contribution >= 4 is 17.3 Å². The lowest BCUT2D eigenvalue weighted by molar-refractivity contribution is 0.272. The first kappa shape index (κ1) is 16.6. The smallest absolute Gasteiger partial charge is 0.153 e. The second-order valence-corrected chi connectivity index (χ2v) is 6.20. The Kier molecular flexibility index (Phi) is 4.88. The molecule has 0 radical (unpaired) electrons. The van der Waals surface area contributed by atoms with E-state index in [0.29, 0.717) is 17.4 Å². The summed E-state index contributed by atoms with van der Waals surface area (Å²) in [4.78, 5) is 6.53. The molecule has 2 aromatic carbocycles. The minimum absolute atomic E-state index is 0.144. The van der Waals surface area contributed by atoms with Crippen molar-refractivity contribution in [2.75, 3.05) is 19.0 Å². The molecule has 0 fully saturated rings. The predicted molar refractivity (Wildman–Crippen MR) is 98.5 cm³/mol. The minimum Gasteiger partial charge on any atom is -0.390 e. The highest BCUT2D eigenvalue weighted by Gasteiger charge is 2.17. The quantitative estimate of drug-likeness (QED) is 0.767. The first-order valence-corrected chi connectivity index (χ1v) is 8.15. The highest BCUT2D eigenvalue weighted by Crippen LogP contribution is 2.28. The molecule has 1 heterocycles. The second-order valence-electron chi connectivity index (χ2n) is 5.84. The summed E-state index contributed by atoms with van der Waals surface area (Å²) in [6.45, 7) is 0.468. The molecular weight excluding hydrogens is 322 g/mol. The average Bonchev–Trinajstić information content (AvgIpc) is 2.91. The van der Waals surface area contributed by atoms with Crippen LogP contribution in [0.3, 0.4) is 0 Å². The van der Waals surface area contributed by atoms with E-state index >= 15 is 0 Å². The van der Waals surface area contributed by atoms with Crippen molar-refractivity contribution in [1.29, 1.82) is 0 Å². The van der Waals surface area contributed by atoms with Gasteiger partial charge in [-0.05, 0) is 29.8 Å². The van der Waals surface area contributed by atoms with E-state index in [2.05, 4.69) is 4.98 Å². The Balaban J connectivity index is 2.04. The fraction of sp³-hybridized carbons (Fsp3) is 0.211. The van der Waals surface area contributed by atoms with Gasteiger partial charge in [-0.1, -0.05) is 41.9 Å². The Morgan fingerprint density at radius 2 is 1.71 bits per heavy atom. The van der Waals surface area contributed by atoms with Crippen LogP contribution in [-0.4, -0.2) is 28.8 Å². The maximum absolute atomic E-state index is 9.70. The lowest BCUT2D eigenvalue weighted by Crippen LogP contribution is -2.09. The van der Waals surface area contributed by atoms with Crippen LogP contribution in [0.25, 0.3) is 11.4 Å². The van der Waals surface area contributed by atoms with Gasteiger partial charge in [0.25, 0.3) is 0 Å². The van der Waals surface area contributed by atoms with Crippen molar-refractivity contribution < 1.29 is 5.11 Å². The van der Waals surface area contributed by atoms with Gasteiger partial charge in [0.2, 0.25) is 0 Å². The van der Waals surface area contributed by atoms with Crippen molar-refractivity contribution in [3.8, 4) is 11.4 Å². The molecule has 0 aliphatic heterocycles. The molecule has 1 aromatic heterocycles. The number of imidazole rings is 1. The van der Waals surface area contributed by atoms with Crippen molar-refractivity contribution in [2.24, 2.45) is 0 Å². The van der Waals surface area contributed by atoms with Crippen LogP contribution in [0.15, 0.2) is 54.6 Å². The molecule has 0 saturated carbocycles. The van der Waals surface area contributed by atoms with Gasteiger partial charge in [-0.15, -0.1) is 0 Å². The van der Waals surface area contributed by atoms with E-state index < -0.39 is 0 Å². The second kappa shape index (κ2) is 7.07. The van der Waals surface area contributed by atoms with Crippen LogP contribution < -0.4 is 4.90 Å². The summed E-state index contributed by atoms with van der Waals surface area (Å²) in [5.74, 6) is 0.762. The molecule has 0 aliphatic carbocycles. The first-order valence-electron chi connectivity index (χ1n) is 7.77. The molecular formula is C19H20ClN3O. The van der Waals surface area contributed by atoms with E-state index in [-0.39, 0.29) is 6.61 Å². The summed E-state index contributed by atoms with van der Waals surface area (Å²) in [5, 5.41) is 10.0. The van der Waals surface area contributed by atoms with Crippen LogP contribution in [0.5, 0.6) is 0 Å². The van der Waals surface area contributed by atoms with Gasteiger partial charge in [-0.2, -0.15) is 0 Å². The Morgan fingerprint density at radius 3 is 2.29 bits per heavy atom. The van der Waals surface area contributed by atoms with E-state index in [4.69, 9.17) is 11.6 Å². The van der Waals surface area contributed by atoms with E-state index in [1.807, 2.05) is 78.2 Å². The summed E-state index contributed by atoms with van der Waals surface area (Å²) in [5.41, 5.74) is 3.85. The third kappa shape index (κ3) is 3.30. The van der Waals surface area contributed by atoms with Gasteiger partial charge in [0.05, 0.1) is 12.3 Å². The number of nitrogens with zero attached hydrogens (tertiary/aromatic N) is 3. The normalized spacial score (nSPS) is 10.8. The van der Waals surface area contributed by atoms with Gasteiger partial charge in [0, 0.05) is 31.9 Å². The molecule has 4 nitrogen and oxygen atoms in total. The molecule has 0 saturated heterocycles. The summed E-state index contributed by atoms with van der Waals surface area (Å²) in [6.07, 6.45) is 0. The Morgan fingerprint density at radius 1 is 1.04 bits per heavy atom. The lowest BCUT2D eigenvalue weighted by Gasteiger charge is -2.14. The topological polar surface area (TPSA) is 41.3 Å². The van der Waals surface area contributed by atoms with Gasteiger partial charge in [-0.3, -0.25) is 0 Å². The van der Waals surface area contributed by atoms with Crippen LogP contribution in [0, 0.1) is 0 Å². The van der Waals surface area contributed by atoms with Gasteiger partial charge >= 0.3 is 0 Å². The zero-order valence-corrected chi connectivity index (χ0v) is 14.5. The summed E-state index contributed by atoms with van der Waals surface area (Å²) in [6, 6.07) is 18.2. The third-order valence-electron chi connectivity index (χ3n) is 4.00. The molecule has 0 aliphatic rings. The Labute approximate surface area is 147 Å². The van der Waals surface area contributed by atoms with Crippen molar-refractivity contribution in [1.82, 2.24) is 9.55 Å². The number of anilines is 1. The molecule has 3 aromatic rings. The SMILES string of the molecule is CN(C)c1ccc(-c2nc(Cl)c(CO)n2Cc2ccccc2)cc1. The van der Waals surface area contributed by atoms with Crippen molar-refractivity contribution in [2.45, 2.75) is 13.2 Å². The molecule has 0 unspecified atom stereocenters. The van der Waals surface area contributed by atoms with Crippen molar-refractivity contribution in [3.63, 3.8) is 0 Å². The molecule has 1 N–H and O–H groups in total. The molecule has 0 spiro atoms. The summed E-state index contributed by atoms with van der Waals surface area (Å²) in [7, 11) is 4.01. The molecule has 0 amide bonds. The van der Waals surface area contributed by atoms with Crippen LogP contribution in [0.4, 0.5) is 5.69 Å². The molecule has 24 heavy (non-hydrogen) atoms. The summed E-state index contributed by atoms with van der Waals surface area (Å²) < 4.78 is 1.97.